The molecule has 5 rings (SSSR count). The summed E-state index contributed by atoms with van der Waals surface area (Å²) in [6.45, 7) is 2.15. The second-order valence-electron chi connectivity index (χ2n) is 8.19. The molecule has 1 aromatic carbocycles. The van der Waals surface area contributed by atoms with Gasteiger partial charge in [-0.2, -0.15) is 0 Å². The van der Waals surface area contributed by atoms with Crippen molar-refractivity contribution in [1.82, 2.24) is 5.43 Å². The van der Waals surface area contributed by atoms with Gasteiger partial charge in [0.2, 0.25) is 0 Å². The summed E-state index contributed by atoms with van der Waals surface area (Å²) < 4.78 is 0. The van der Waals surface area contributed by atoms with Gasteiger partial charge in [-0.25, -0.2) is 0 Å². The van der Waals surface area contributed by atoms with E-state index in [4.69, 9.17) is 5.84 Å². The molecule has 1 unspecified atom stereocenters. The van der Waals surface area contributed by atoms with Gasteiger partial charge < -0.3 is 0 Å². The molecule has 21 heavy (non-hydrogen) atoms. The van der Waals surface area contributed by atoms with Gasteiger partial charge in [0.25, 0.3) is 0 Å². The van der Waals surface area contributed by atoms with Gasteiger partial charge in [0.15, 0.2) is 0 Å². The van der Waals surface area contributed by atoms with E-state index < -0.39 is 0 Å². The molecule has 4 bridgehead atoms. The number of benzene rings is 1. The van der Waals surface area contributed by atoms with Crippen molar-refractivity contribution in [3.05, 3.63) is 35.4 Å². The molecule has 0 saturated heterocycles. The van der Waals surface area contributed by atoms with Crippen LogP contribution in [0.1, 0.15) is 49.7 Å². The Bertz CT molecular complexity index is 470. The summed E-state index contributed by atoms with van der Waals surface area (Å²) in [7, 11) is 0. The minimum Gasteiger partial charge on any atom is -0.271 e. The molecule has 3 N–H and O–H groups in total. The van der Waals surface area contributed by atoms with E-state index in [2.05, 4.69) is 36.6 Å². The van der Waals surface area contributed by atoms with Gasteiger partial charge in [-0.3, -0.25) is 11.3 Å². The molecule has 114 valence electrons. The predicted molar refractivity (Wildman–Crippen MR) is 86.6 cm³/mol. The average Bonchev–Trinajstić information content (AvgIpc) is 2.45. The van der Waals surface area contributed by atoms with E-state index in [9.17, 15) is 0 Å². The summed E-state index contributed by atoms with van der Waals surface area (Å²) in [5, 5.41) is 0. The van der Waals surface area contributed by atoms with Crippen LogP contribution in [0.2, 0.25) is 0 Å². The largest absolute Gasteiger partial charge is 0.271 e. The molecule has 0 heterocycles. The highest BCUT2D eigenvalue weighted by Crippen LogP contribution is 2.61. The third-order valence-electron chi connectivity index (χ3n) is 6.59. The number of nitrogens with two attached hydrogens (primary N) is 1. The van der Waals surface area contributed by atoms with Crippen molar-refractivity contribution in [3.63, 3.8) is 0 Å². The van der Waals surface area contributed by atoms with Crippen molar-refractivity contribution in [2.24, 2.45) is 29.0 Å². The topological polar surface area (TPSA) is 38.0 Å². The van der Waals surface area contributed by atoms with Gasteiger partial charge in [0.05, 0.1) is 0 Å². The van der Waals surface area contributed by atoms with Crippen molar-refractivity contribution >= 4 is 0 Å². The lowest BCUT2D eigenvalue weighted by atomic mass is 9.47. The Labute approximate surface area is 128 Å². The number of hydrazine groups is 1. The highest BCUT2D eigenvalue weighted by molar-refractivity contribution is 5.23. The molecule has 1 aromatic rings. The number of rotatable bonds is 4. The third kappa shape index (κ3) is 2.43. The Balaban J connectivity index is 1.56. The van der Waals surface area contributed by atoms with Crippen LogP contribution >= 0.6 is 0 Å². The molecular weight excluding hydrogens is 256 g/mol. The van der Waals surface area contributed by atoms with Crippen molar-refractivity contribution < 1.29 is 0 Å². The van der Waals surface area contributed by atoms with Gasteiger partial charge in [0.1, 0.15) is 0 Å². The molecular formula is C19H28N2. The van der Waals surface area contributed by atoms with E-state index >= 15 is 0 Å². The molecule has 1 atom stereocenters. The van der Waals surface area contributed by atoms with E-state index in [1.165, 1.54) is 49.7 Å². The molecule has 4 saturated carbocycles. The second-order valence-corrected chi connectivity index (χ2v) is 8.19. The van der Waals surface area contributed by atoms with Crippen LogP contribution < -0.4 is 11.3 Å². The molecule has 0 aliphatic heterocycles. The number of hydrogen-bond donors (Lipinski definition) is 2. The number of nitrogens with one attached hydrogen (secondary N) is 1. The first-order valence-corrected chi connectivity index (χ1v) is 8.68. The van der Waals surface area contributed by atoms with Crippen LogP contribution in [0.4, 0.5) is 0 Å². The summed E-state index contributed by atoms with van der Waals surface area (Å²) >= 11 is 0. The molecule has 2 nitrogen and oxygen atoms in total. The molecule has 4 aliphatic rings. The lowest BCUT2D eigenvalue weighted by Crippen LogP contribution is -2.58. The number of hydrogen-bond acceptors (Lipinski definition) is 2. The Morgan fingerprint density at radius 1 is 1.05 bits per heavy atom. The van der Waals surface area contributed by atoms with E-state index in [-0.39, 0.29) is 0 Å². The summed E-state index contributed by atoms with van der Waals surface area (Å²) in [5.41, 5.74) is 6.47. The maximum Gasteiger partial charge on any atom is 0.0307 e. The zero-order valence-electron chi connectivity index (χ0n) is 13.1. The van der Waals surface area contributed by atoms with Crippen LogP contribution in [0.5, 0.6) is 0 Å². The summed E-state index contributed by atoms with van der Waals surface area (Å²) in [5.74, 6) is 8.99. The standard InChI is InChI=1S/C19H28N2/c1-13-2-4-14(5-3-13)9-18(21-20)19-10-15-6-16(11-19)8-17(7-15)12-19/h2-5,15-18,21H,6-12,20H2,1H3. The highest BCUT2D eigenvalue weighted by atomic mass is 15.2. The lowest BCUT2D eigenvalue weighted by molar-refractivity contribution is -0.0737. The van der Waals surface area contributed by atoms with Crippen molar-refractivity contribution in [2.75, 3.05) is 0 Å². The van der Waals surface area contributed by atoms with Gasteiger partial charge in [-0.15, -0.1) is 0 Å². The van der Waals surface area contributed by atoms with Gasteiger partial charge in [-0.1, -0.05) is 29.8 Å². The van der Waals surface area contributed by atoms with Crippen LogP contribution in [0.3, 0.4) is 0 Å². The van der Waals surface area contributed by atoms with Crippen LogP contribution in [-0.2, 0) is 6.42 Å². The molecule has 4 fully saturated rings. The third-order valence-corrected chi connectivity index (χ3v) is 6.59. The normalized spacial score (nSPS) is 38.7. The molecule has 0 spiro atoms. The Morgan fingerprint density at radius 3 is 2.05 bits per heavy atom. The highest BCUT2D eigenvalue weighted by Gasteiger charge is 2.53. The van der Waals surface area contributed by atoms with Gasteiger partial charge in [-0.05, 0) is 80.6 Å². The smallest absolute Gasteiger partial charge is 0.0307 e. The maximum atomic E-state index is 6.02. The van der Waals surface area contributed by atoms with E-state index in [1.54, 1.807) is 0 Å². The fourth-order valence-corrected chi connectivity index (χ4v) is 6.02. The summed E-state index contributed by atoms with van der Waals surface area (Å²) in [6, 6.07) is 9.46. The Kier molecular flexibility index (Phi) is 3.35. The summed E-state index contributed by atoms with van der Waals surface area (Å²) in [6.07, 6.45) is 9.84. The van der Waals surface area contributed by atoms with Crippen LogP contribution in [0.15, 0.2) is 24.3 Å². The first-order valence-electron chi connectivity index (χ1n) is 8.68. The molecule has 4 aliphatic carbocycles. The zero-order valence-corrected chi connectivity index (χ0v) is 13.1. The monoisotopic (exact) mass is 284 g/mol. The average molecular weight is 284 g/mol. The van der Waals surface area contributed by atoms with E-state index in [0.29, 0.717) is 11.5 Å². The zero-order chi connectivity index (χ0) is 14.4. The fraction of sp³-hybridized carbons (Fsp3) is 0.684. The Hall–Kier alpha value is -0.860. The van der Waals surface area contributed by atoms with Gasteiger partial charge >= 0.3 is 0 Å². The molecule has 2 heteroatoms. The Morgan fingerprint density at radius 2 is 1.57 bits per heavy atom. The van der Waals surface area contributed by atoms with Crippen molar-refractivity contribution in [2.45, 2.75) is 57.9 Å². The predicted octanol–water partition coefficient (Wildman–Crippen LogP) is 3.59. The second kappa shape index (κ2) is 5.10. The first kappa shape index (κ1) is 13.8. The fourth-order valence-electron chi connectivity index (χ4n) is 6.02. The van der Waals surface area contributed by atoms with Crippen LogP contribution in [0, 0.1) is 30.1 Å². The lowest BCUT2D eigenvalue weighted by Gasteiger charge is -2.59. The maximum absolute atomic E-state index is 6.02. The molecule has 0 amide bonds. The summed E-state index contributed by atoms with van der Waals surface area (Å²) in [4.78, 5) is 0. The van der Waals surface area contributed by atoms with Crippen LogP contribution in [-0.4, -0.2) is 6.04 Å². The quantitative estimate of drug-likeness (QED) is 0.655. The molecule has 0 aromatic heterocycles. The van der Waals surface area contributed by atoms with Gasteiger partial charge in [0, 0.05) is 6.04 Å². The van der Waals surface area contributed by atoms with E-state index in [1.807, 2.05) is 0 Å². The molecule has 0 radical (unpaired) electrons. The van der Waals surface area contributed by atoms with E-state index in [0.717, 1.165) is 24.2 Å². The minimum absolute atomic E-state index is 0.452. The van der Waals surface area contributed by atoms with Crippen LogP contribution in [0.25, 0.3) is 0 Å². The first-order chi connectivity index (χ1) is 10.2. The van der Waals surface area contributed by atoms with Crippen molar-refractivity contribution in [1.29, 1.82) is 0 Å². The number of aryl methyl sites for hydroxylation is 1. The SMILES string of the molecule is Cc1ccc(CC(NN)C23CC4CC(CC(C4)C2)C3)cc1. The van der Waals surface area contributed by atoms with Crippen molar-refractivity contribution in [3.8, 4) is 0 Å². The minimum atomic E-state index is 0.452.